The van der Waals surface area contributed by atoms with E-state index in [1.54, 1.807) is 6.20 Å². The number of benzene rings is 1. The molecular formula is C25H38N2O3. The van der Waals surface area contributed by atoms with Crippen molar-refractivity contribution in [1.29, 1.82) is 0 Å². The quantitative estimate of drug-likeness (QED) is 0.240. The van der Waals surface area contributed by atoms with Gasteiger partial charge in [0, 0.05) is 29.9 Å². The third-order valence-corrected chi connectivity index (χ3v) is 6.03. The van der Waals surface area contributed by atoms with Gasteiger partial charge in [0.1, 0.15) is 0 Å². The summed E-state index contributed by atoms with van der Waals surface area (Å²) in [6.07, 6.45) is 15.1. The fraction of sp³-hybridized carbons (Fsp3) is 0.600. The Morgan fingerprint density at radius 2 is 1.50 bits per heavy atom. The largest absolute Gasteiger partial charge is 0.480 e. The molecule has 0 saturated carbocycles. The van der Waals surface area contributed by atoms with Gasteiger partial charge in [0.2, 0.25) is 0 Å². The molecule has 4 N–H and O–H groups in total. The van der Waals surface area contributed by atoms with Crippen molar-refractivity contribution in [3.63, 3.8) is 0 Å². The first-order chi connectivity index (χ1) is 14.5. The minimum absolute atomic E-state index is 0.00319. The van der Waals surface area contributed by atoms with Crippen LogP contribution < -0.4 is 5.73 Å². The molecule has 0 spiro atoms. The van der Waals surface area contributed by atoms with Crippen LogP contribution in [0.3, 0.4) is 0 Å². The lowest BCUT2D eigenvalue weighted by molar-refractivity contribution is -0.148. The number of H-pyrrole nitrogens is 1. The lowest BCUT2D eigenvalue weighted by atomic mass is 9.85. The number of carboxylic acid groups (broad SMARTS) is 1. The number of hydrogen-bond acceptors (Lipinski definition) is 3. The van der Waals surface area contributed by atoms with Crippen LogP contribution in [0.2, 0.25) is 0 Å². The van der Waals surface area contributed by atoms with Gasteiger partial charge in [-0.05, 0) is 18.1 Å². The average molecular weight is 415 g/mol. The zero-order valence-corrected chi connectivity index (χ0v) is 18.4. The molecule has 166 valence electrons. The molecule has 2 rings (SSSR count). The predicted octanol–water partition coefficient (Wildman–Crippen LogP) is 5.76. The van der Waals surface area contributed by atoms with Gasteiger partial charge < -0.3 is 15.8 Å². The van der Waals surface area contributed by atoms with Crippen molar-refractivity contribution in [1.82, 2.24) is 4.98 Å². The Kier molecular flexibility index (Phi) is 10.1. The minimum Gasteiger partial charge on any atom is -0.480 e. The third kappa shape index (κ3) is 6.98. The number of para-hydroxylation sites is 1. The fourth-order valence-corrected chi connectivity index (χ4v) is 4.04. The molecule has 0 bridgehead atoms. The second-order valence-electron chi connectivity index (χ2n) is 8.52. The van der Waals surface area contributed by atoms with Gasteiger partial charge in [0.25, 0.3) is 0 Å². The van der Waals surface area contributed by atoms with Gasteiger partial charge in [0.15, 0.2) is 11.3 Å². The molecule has 0 amide bonds. The van der Waals surface area contributed by atoms with E-state index in [1.165, 1.54) is 51.4 Å². The summed E-state index contributed by atoms with van der Waals surface area (Å²) in [5.41, 5.74) is 5.94. The van der Waals surface area contributed by atoms with Crippen molar-refractivity contribution in [3.05, 3.63) is 36.0 Å². The number of nitrogens with one attached hydrogen (secondary N) is 1. The Bertz CT molecular complexity index is 799. The van der Waals surface area contributed by atoms with Crippen molar-refractivity contribution >= 4 is 22.7 Å². The van der Waals surface area contributed by atoms with E-state index in [2.05, 4.69) is 11.9 Å². The molecule has 5 heteroatoms. The number of carbonyl (C=O) groups excluding carboxylic acids is 1. The molecular weight excluding hydrogens is 376 g/mol. The Morgan fingerprint density at radius 3 is 2.10 bits per heavy atom. The van der Waals surface area contributed by atoms with E-state index >= 15 is 0 Å². The number of aromatic amines is 1. The summed E-state index contributed by atoms with van der Waals surface area (Å²) < 4.78 is 0. The molecule has 0 fully saturated rings. The summed E-state index contributed by atoms with van der Waals surface area (Å²) in [6.45, 7) is 2.23. The highest BCUT2D eigenvalue weighted by molar-refractivity contribution is 6.08. The first kappa shape index (κ1) is 24.1. The number of ketones is 1. The van der Waals surface area contributed by atoms with Crippen LogP contribution in [0.25, 0.3) is 10.9 Å². The van der Waals surface area contributed by atoms with Crippen molar-refractivity contribution in [2.24, 2.45) is 5.73 Å². The van der Waals surface area contributed by atoms with Gasteiger partial charge >= 0.3 is 5.97 Å². The number of hydrogen-bond donors (Lipinski definition) is 3. The standard InChI is InChI=1S/C25H38N2O3/c1-2-3-4-5-6-7-8-9-10-11-12-17-23(28)25(26,24(29)30)18-20-19-27-22-16-14-13-15-21(20)22/h13-16,19,27H,2-12,17-18,26H2,1H3,(H,29,30). The van der Waals surface area contributed by atoms with Crippen molar-refractivity contribution < 1.29 is 14.7 Å². The maximum atomic E-state index is 12.7. The van der Waals surface area contributed by atoms with Gasteiger partial charge in [-0.15, -0.1) is 0 Å². The number of carbonyl (C=O) groups is 2. The topological polar surface area (TPSA) is 96.2 Å². The maximum absolute atomic E-state index is 12.7. The van der Waals surface area contributed by atoms with E-state index in [-0.39, 0.29) is 18.6 Å². The van der Waals surface area contributed by atoms with Crippen molar-refractivity contribution in [2.45, 2.75) is 95.9 Å². The first-order valence-corrected chi connectivity index (χ1v) is 11.6. The Morgan fingerprint density at radius 1 is 0.933 bits per heavy atom. The maximum Gasteiger partial charge on any atom is 0.331 e. The summed E-state index contributed by atoms with van der Waals surface area (Å²) in [5.74, 6) is -1.63. The Balaban J connectivity index is 1.73. The molecule has 1 heterocycles. The molecule has 0 aliphatic carbocycles. The number of unbranched alkanes of at least 4 members (excludes halogenated alkanes) is 10. The van der Waals surface area contributed by atoms with Gasteiger partial charge in [-0.1, -0.05) is 89.3 Å². The van der Waals surface area contributed by atoms with Gasteiger partial charge in [-0.25, -0.2) is 4.79 Å². The lowest BCUT2D eigenvalue weighted by Crippen LogP contribution is -2.56. The summed E-state index contributed by atoms with van der Waals surface area (Å²) in [7, 11) is 0. The summed E-state index contributed by atoms with van der Waals surface area (Å²) in [6, 6.07) is 7.64. The SMILES string of the molecule is CCCCCCCCCCCCCC(=O)C(N)(Cc1c[nH]c2ccccc12)C(=O)O. The molecule has 2 aromatic rings. The second-order valence-corrected chi connectivity index (χ2v) is 8.52. The fourth-order valence-electron chi connectivity index (χ4n) is 4.04. The number of aromatic nitrogens is 1. The predicted molar refractivity (Wildman–Crippen MR) is 123 cm³/mol. The highest BCUT2D eigenvalue weighted by atomic mass is 16.4. The van der Waals surface area contributed by atoms with Crippen LogP contribution in [0.5, 0.6) is 0 Å². The number of aliphatic carboxylic acids is 1. The summed E-state index contributed by atoms with van der Waals surface area (Å²) in [5, 5.41) is 10.6. The van der Waals surface area contributed by atoms with Gasteiger partial charge in [-0.3, -0.25) is 4.79 Å². The molecule has 1 atom stereocenters. The molecule has 0 aliphatic heterocycles. The zero-order valence-electron chi connectivity index (χ0n) is 18.4. The number of rotatable bonds is 16. The number of carboxylic acids is 1. The molecule has 30 heavy (non-hydrogen) atoms. The van der Waals surface area contributed by atoms with Crippen LogP contribution in [0, 0.1) is 0 Å². The smallest absolute Gasteiger partial charge is 0.331 e. The molecule has 0 radical (unpaired) electrons. The van der Waals surface area contributed by atoms with E-state index in [0.29, 0.717) is 6.42 Å². The molecule has 1 aromatic heterocycles. The van der Waals surface area contributed by atoms with Crippen molar-refractivity contribution in [2.75, 3.05) is 0 Å². The molecule has 5 nitrogen and oxygen atoms in total. The highest BCUT2D eigenvalue weighted by Crippen LogP contribution is 2.24. The van der Waals surface area contributed by atoms with E-state index in [0.717, 1.165) is 29.3 Å². The van der Waals surface area contributed by atoms with E-state index < -0.39 is 11.5 Å². The molecule has 0 aliphatic rings. The van der Waals surface area contributed by atoms with Crippen molar-refractivity contribution in [3.8, 4) is 0 Å². The molecule has 1 unspecified atom stereocenters. The summed E-state index contributed by atoms with van der Waals surface area (Å²) in [4.78, 5) is 27.7. The van der Waals surface area contributed by atoms with Crippen LogP contribution in [-0.2, 0) is 16.0 Å². The number of Topliss-reactive ketones (excluding diaryl/α,β-unsaturated/α-hetero) is 1. The highest BCUT2D eigenvalue weighted by Gasteiger charge is 2.41. The third-order valence-electron chi connectivity index (χ3n) is 6.03. The van der Waals surface area contributed by atoms with Gasteiger partial charge in [0.05, 0.1) is 0 Å². The van der Waals surface area contributed by atoms with Crippen LogP contribution in [0.1, 0.15) is 89.5 Å². The normalized spacial score (nSPS) is 13.4. The van der Waals surface area contributed by atoms with Crippen LogP contribution in [0.4, 0.5) is 0 Å². The minimum atomic E-state index is -1.87. The molecule has 1 aromatic carbocycles. The number of fused-ring (bicyclic) bond motifs is 1. The summed E-state index contributed by atoms with van der Waals surface area (Å²) >= 11 is 0. The first-order valence-electron chi connectivity index (χ1n) is 11.6. The van der Waals surface area contributed by atoms with Crippen LogP contribution in [-0.4, -0.2) is 27.4 Å². The van der Waals surface area contributed by atoms with Crippen LogP contribution in [0.15, 0.2) is 30.5 Å². The monoisotopic (exact) mass is 414 g/mol. The van der Waals surface area contributed by atoms with E-state index in [9.17, 15) is 14.7 Å². The van der Waals surface area contributed by atoms with E-state index in [4.69, 9.17) is 5.73 Å². The Labute approximate surface area is 180 Å². The zero-order chi connectivity index (χ0) is 21.8. The Hall–Kier alpha value is -2.14. The van der Waals surface area contributed by atoms with Gasteiger partial charge in [-0.2, -0.15) is 0 Å². The van der Waals surface area contributed by atoms with Crippen LogP contribution >= 0.6 is 0 Å². The van der Waals surface area contributed by atoms with E-state index in [1.807, 2.05) is 24.3 Å². The average Bonchev–Trinajstić information content (AvgIpc) is 3.14. The second kappa shape index (κ2) is 12.5. The lowest BCUT2D eigenvalue weighted by Gasteiger charge is -2.23. The molecule has 0 saturated heterocycles. The number of nitrogens with two attached hydrogens (primary N) is 1.